The number of piperazine rings is 1. The zero-order chi connectivity index (χ0) is 23.3. The number of carbonyl (C=O) groups is 1. The van der Waals surface area contributed by atoms with Crippen LogP contribution in [0.2, 0.25) is 0 Å². The van der Waals surface area contributed by atoms with Crippen molar-refractivity contribution in [2.75, 3.05) is 31.5 Å². The van der Waals surface area contributed by atoms with Gasteiger partial charge in [-0.15, -0.1) is 0 Å². The van der Waals surface area contributed by atoms with Crippen molar-refractivity contribution in [1.29, 1.82) is 0 Å². The molecule has 0 saturated carbocycles. The Bertz CT molecular complexity index is 889. The number of hydrogen-bond donors (Lipinski definition) is 1. The van der Waals surface area contributed by atoms with Crippen LogP contribution in [0.5, 0.6) is 0 Å². The number of amides is 1. The van der Waals surface area contributed by atoms with Gasteiger partial charge in [0.1, 0.15) is 5.60 Å². The highest BCUT2D eigenvalue weighted by Gasteiger charge is 2.28. The Kier molecular flexibility index (Phi) is 7.60. The molecule has 1 aromatic heterocycles. The molecule has 1 aliphatic rings. The molecule has 0 spiro atoms. The lowest BCUT2D eigenvalue weighted by molar-refractivity contribution is 0.00998. The SMILES string of the molecule is CCC(c1ccc(CNc2nc(F)cc(F)n2)cc1)N1CCN(C(=O)OC(C)(C)C)CC1. The van der Waals surface area contributed by atoms with Gasteiger partial charge in [-0.2, -0.15) is 18.7 Å². The van der Waals surface area contributed by atoms with E-state index in [1.807, 2.05) is 32.9 Å². The van der Waals surface area contributed by atoms with Crippen LogP contribution in [-0.2, 0) is 11.3 Å². The van der Waals surface area contributed by atoms with E-state index >= 15 is 0 Å². The van der Waals surface area contributed by atoms with Gasteiger partial charge in [-0.05, 0) is 38.3 Å². The van der Waals surface area contributed by atoms with Crippen molar-refractivity contribution in [3.8, 4) is 0 Å². The molecule has 1 aliphatic heterocycles. The summed E-state index contributed by atoms with van der Waals surface area (Å²) in [5.41, 5.74) is 1.65. The van der Waals surface area contributed by atoms with Crippen LogP contribution in [0.3, 0.4) is 0 Å². The molecule has 174 valence electrons. The Morgan fingerprint density at radius 1 is 1.09 bits per heavy atom. The van der Waals surface area contributed by atoms with Gasteiger partial charge in [0.15, 0.2) is 0 Å². The van der Waals surface area contributed by atoms with Gasteiger partial charge in [0.2, 0.25) is 17.8 Å². The van der Waals surface area contributed by atoms with E-state index in [1.165, 1.54) is 5.56 Å². The summed E-state index contributed by atoms with van der Waals surface area (Å²) in [5, 5.41) is 2.84. The molecular weight excluding hydrogens is 416 g/mol. The summed E-state index contributed by atoms with van der Waals surface area (Å²) >= 11 is 0. The minimum atomic E-state index is -0.909. The molecule has 7 nitrogen and oxygen atoms in total. The zero-order valence-electron chi connectivity index (χ0n) is 19.1. The maximum Gasteiger partial charge on any atom is 0.410 e. The number of anilines is 1. The average Bonchev–Trinajstić information content (AvgIpc) is 2.72. The lowest BCUT2D eigenvalue weighted by Gasteiger charge is -2.39. The maximum atomic E-state index is 13.2. The molecule has 32 heavy (non-hydrogen) atoms. The maximum absolute atomic E-state index is 13.2. The molecular formula is C23H31F2N5O2. The summed E-state index contributed by atoms with van der Waals surface area (Å²) in [6, 6.07) is 8.99. The van der Waals surface area contributed by atoms with Gasteiger partial charge < -0.3 is 15.0 Å². The van der Waals surface area contributed by atoms with Crippen molar-refractivity contribution in [2.24, 2.45) is 0 Å². The van der Waals surface area contributed by atoms with E-state index in [1.54, 1.807) is 4.90 Å². The summed E-state index contributed by atoms with van der Waals surface area (Å²) in [7, 11) is 0. The predicted octanol–water partition coefficient (Wildman–Crippen LogP) is 4.37. The van der Waals surface area contributed by atoms with E-state index in [0.29, 0.717) is 25.7 Å². The van der Waals surface area contributed by atoms with Crippen LogP contribution in [0.4, 0.5) is 19.5 Å². The molecule has 9 heteroatoms. The van der Waals surface area contributed by atoms with Crippen molar-refractivity contribution in [3.63, 3.8) is 0 Å². The summed E-state index contributed by atoms with van der Waals surface area (Å²) in [6.07, 6.45) is 0.685. The van der Waals surface area contributed by atoms with Crippen molar-refractivity contribution in [2.45, 2.75) is 52.3 Å². The fourth-order valence-corrected chi connectivity index (χ4v) is 3.76. The molecule has 1 unspecified atom stereocenters. The lowest BCUT2D eigenvalue weighted by atomic mass is 10.0. The summed E-state index contributed by atoms with van der Waals surface area (Å²) in [4.78, 5) is 23.5. The molecule has 2 heterocycles. The molecule has 0 aliphatic carbocycles. The van der Waals surface area contributed by atoms with E-state index in [0.717, 1.165) is 25.1 Å². The smallest absolute Gasteiger partial charge is 0.410 e. The topological polar surface area (TPSA) is 70.6 Å². The first-order valence-electron chi connectivity index (χ1n) is 10.9. The van der Waals surface area contributed by atoms with Gasteiger partial charge in [-0.3, -0.25) is 4.90 Å². The molecule has 1 aromatic carbocycles. The van der Waals surface area contributed by atoms with E-state index in [-0.39, 0.29) is 18.1 Å². The highest BCUT2D eigenvalue weighted by atomic mass is 19.1. The van der Waals surface area contributed by atoms with Crippen molar-refractivity contribution >= 4 is 12.0 Å². The molecule has 2 aromatic rings. The Balaban J connectivity index is 1.55. The van der Waals surface area contributed by atoms with Crippen LogP contribution in [0.15, 0.2) is 30.3 Å². The fourth-order valence-electron chi connectivity index (χ4n) is 3.76. The Labute approximate surface area is 187 Å². The molecule has 1 N–H and O–H groups in total. The van der Waals surface area contributed by atoms with E-state index < -0.39 is 17.5 Å². The lowest BCUT2D eigenvalue weighted by Crippen LogP contribution is -2.50. The average molecular weight is 448 g/mol. The predicted molar refractivity (Wildman–Crippen MR) is 118 cm³/mol. The third-order valence-electron chi connectivity index (χ3n) is 5.27. The third kappa shape index (κ3) is 6.59. The number of ether oxygens (including phenoxy) is 1. The van der Waals surface area contributed by atoms with Gasteiger partial charge in [-0.25, -0.2) is 4.79 Å². The van der Waals surface area contributed by atoms with Gasteiger partial charge >= 0.3 is 6.09 Å². The molecule has 1 atom stereocenters. The first-order chi connectivity index (χ1) is 15.1. The number of aromatic nitrogens is 2. The Hall–Kier alpha value is -2.81. The molecule has 0 radical (unpaired) electrons. The van der Waals surface area contributed by atoms with E-state index in [4.69, 9.17) is 4.74 Å². The molecule has 3 rings (SSSR count). The summed E-state index contributed by atoms with van der Waals surface area (Å²) < 4.78 is 31.9. The monoisotopic (exact) mass is 447 g/mol. The highest BCUT2D eigenvalue weighted by molar-refractivity contribution is 5.68. The number of carbonyl (C=O) groups excluding carboxylic acids is 1. The number of hydrogen-bond acceptors (Lipinski definition) is 6. The molecule has 1 fully saturated rings. The van der Waals surface area contributed by atoms with Gasteiger partial charge in [0, 0.05) is 44.8 Å². The number of benzene rings is 1. The van der Waals surface area contributed by atoms with E-state index in [2.05, 4.69) is 39.2 Å². The van der Waals surface area contributed by atoms with Crippen molar-refractivity contribution in [3.05, 3.63) is 53.4 Å². The first-order valence-corrected chi connectivity index (χ1v) is 10.9. The van der Waals surface area contributed by atoms with Crippen LogP contribution >= 0.6 is 0 Å². The number of rotatable bonds is 6. The number of nitrogens with one attached hydrogen (secondary N) is 1. The minimum absolute atomic E-state index is 0.0825. The Morgan fingerprint density at radius 3 is 2.22 bits per heavy atom. The standard InChI is InChI=1S/C23H31F2N5O2/c1-5-18(29-10-12-30(13-11-29)22(31)32-23(2,3)4)17-8-6-16(7-9-17)15-26-21-27-19(24)14-20(25)28-21/h6-9,14,18H,5,10-13,15H2,1-4H3,(H,26,27,28). The largest absolute Gasteiger partial charge is 0.444 e. The Morgan fingerprint density at radius 2 is 1.69 bits per heavy atom. The van der Waals surface area contributed by atoms with Crippen molar-refractivity contribution in [1.82, 2.24) is 19.8 Å². The highest BCUT2D eigenvalue weighted by Crippen LogP contribution is 2.26. The first kappa shape index (κ1) is 23.8. The van der Waals surface area contributed by atoms with Gasteiger partial charge in [0.05, 0.1) is 0 Å². The van der Waals surface area contributed by atoms with Crippen LogP contribution in [0.1, 0.15) is 51.3 Å². The quantitative estimate of drug-likeness (QED) is 0.663. The molecule has 1 saturated heterocycles. The fraction of sp³-hybridized carbons (Fsp3) is 0.522. The summed E-state index contributed by atoms with van der Waals surface area (Å²) in [5.74, 6) is -1.90. The van der Waals surface area contributed by atoms with Crippen LogP contribution < -0.4 is 5.32 Å². The molecule has 1 amide bonds. The normalized spacial score (nSPS) is 16.0. The second-order valence-corrected chi connectivity index (χ2v) is 8.86. The number of halogens is 2. The van der Waals surface area contributed by atoms with Crippen LogP contribution in [0.25, 0.3) is 0 Å². The van der Waals surface area contributed by atoms with E-state index in [9.17, 15) is 13.6 Å². The third-order valence-corrected chi connectivity index (χ3v) is 5.27. The summed E-state index contributed by atoms with van der Waals surface area (Å²) in [6.45, 7) is 11.0. The molecule has 0 bridgehead atoms. The van der Waals surface area contributed by atoms with Gasteiger partial charge in [-0.1, -0.05) is 31.2 Å². The van der Waals surface area contributed by atoms with Crippen LogP contribution in [-0.4, -0.2) is 57.6 Å². The second kappa shape index (κ2) is 10.2. The van der Waals surface area contributed by atoms with Crippen molar-refractivity contribution < 1.29 is 18.3 Å². The second-order valence-electron chi connectivity index (χ2n) is 8.86. The van der Waals surface area contributed by atoms with Gasteiger partial charge in [0.25, 0.3) is 0 Å². The number of nitrogens with zero attached hydrogens (tertiary/aromatic N) is 4. The van der Waals surface area contributed by atoms with Crippen LogP contribution in [0, 0.1) is 11.9 Å². The zero-order valence-corrected chi connectivity index (χ0v) is 19.1. The minimum Gasteiger partial charge on any atom is -0.444 e.